The van der Waals surface area contributed by atoms with Crippen LogP contribution in [0.25, 0.3) is 67.2 Å². The molecule has 2 aromatic heterocycles. The molecule has 0 saturated carbocycles. The van der Waals surface area contributed by atoms with Crippen molar-refractivity contribution in [2.24, 2.45) is 0 Å². The summed E-state index contributed by atoms with van der Waals surface area (Å²) in [6.07, 6.45) is 5.85. The molecule has 0 fully saturated rings. The molecule has 9 rings (SSSR count). The normalized spacial score (nSPS) is 11.8. The Labute approximate surface area is 326 Å². The maximum Gasteiger partial charge on any atom is 0.164 e. The van der Waals surface area contributed by atoms with Gasteiger partial charge in [0.2, 0.25) is 0 Å². The van der Waals surface area contributed by atoms with Crippen LogP contribution in [0.5, 0.6) is 0 Å². The van der Waals surface area contributed by atoms with Crippen LogP contribution in [0.4, 0.5) is 0 Å². The first kappa shape index (κ1) is 34.3. The van der Waals surface area contributed by atoms with Gasteiger partial charge in [0.15, 0.2) is 17.5 Å². The molecule has 56 heavy (non-hydrogen) atoms. The Balaban J connectivity index is 1.19. The number of rotatable bonds is 10. The van der Waals surface area contributed by atoms with Crippen LogP contribution in [-0.2, 0) is 5.41 Å². The second-order valence-electron chi connectivity index (χ2n) is 13.7. The van der Waals surface area contributed by atoms with Gasteiger partial charge in [-0.3, -0.25) is 0 Å². The lowest BCUT2D eigenvalue weighted by Gasteiger charge is -2.37. The highest BCUT2D eigenvalue weighted by Crippen LogP contribution is 2.46. The standard InChI is InChI=1S/C52H37N3O/c1-3-18-40(4-2)52(41-23-13-7-14-24-41,42-25-15-8-16-26-42)43-32-29-36(30-33-43)39-31-34-46-45(35-39)48-44(27-17-28-47(48)56-46)51-54-49(37-19-9-5-10-20-37)53-50(55-51)38-21-11-6-12-22-38/h3-35H,1-2H2/b40-18+. The number of hydrogen-bond acceptors (Lipinski definition) is 4. The van der Waals surface area contributed by atoms with Gasteiger partial charge in [-0.2, -0.15) is 0 Å². The number of benzene rings is 7. The lowest BCUT2D eigenvalue weighted by molar-refractivity contribution is 0.669. The average Bonchev–Trinajstić information content (AvgIpc) is 3.66. The van der Waals surface area contributed by atoms with Crippen LogP contribution in [0.1, 0.15) is 16.7 Å². The third-order valence-corrected chi connectivity index (χ3v) is 10.5. The SMILES string of the molecule is C=C/C=C(\C=C)C(c1ccccc1)(c1ccccc1)c1ccc(-c2ccc3oc4cccc(-c5nc(-c6ccccc6)nc(-c6ccccc6)n5)c4c3c2)cc1. The van der Waals surface area contributed by atoms with E-state index >= 15 is 0 Å². The third-order valence-electron chi connectivity index (χ3n) is 10.5. The monoisotopic (exact) mass is 719 g/mol. The molecule has 266 valence electrons. The zero-order valence-electron chi connectivity index (χ0n) is 30.7. The van der Waals surface area contributed by atoms with Gasteiger partial charge in [0.1, 0.15) is 11.2 Å². The Bertz CT molecular complexity index is 2760. The highest BCUT2D eigenvalue weighted by molar-refractivity contribution is 6.12. The molecule has 0 saturated heterocycles. The minimum Gasteiger partial charge on any atom is -0.456 e. The van der Waals surface area contributed by atoms with E-state index in [9.17, 15) is 0 Å². The van der Waals surface area contributed by atoms with Crippen molar-refractivity contribution in [3.8, 4) is 45.3 Å². The Morgan fingerprint density at radius 1 is 0.464 bits per heavy atom. The highest BCUT2D eigenvalue weighted by Gasteiger charge is 2.38. The van der Waals surface area contributed by atoms with Gasteiger partial charge < -0.3 is 4.42 Å². The van der Waals surface area contributed by atoms with E-state index in [0.29, 0.717) is 17.5 Å². The van der Waals surface area contributed by atoms with Crippen LogP contribution >= 0.6 is 0 Å². The van der Waals surface area contributed by atoms with Crippen molar-refractivity contribution < 1.29 is 4.42 Å². The Hall–Kier alpha value is -7.43. The average molecular weight is 720 g/mol. The second kappa shape index (κ2) is 14.8. The number of allylic oxidation sites excluding steroid dienone is 4. The van der Waals surface area contributed by atoms with Crippen molar-refractivity contribution in [2.75, 3.05) is 0 Å². The van der Waals surface area contributed by atoms with Gasteiger partial charge in [0.05, 0.1) is 5.41 Å². The molecular weight excluding hydrogens is 683 g/mol. The Kier molecular flexibility index (Phi) is 9.06. The molecule has 9 aromatic rings. The first-order valence-electron chi connectivity index (χ1n) is 18.7. The third kappa shape index (κ3) is 6.04. The summed E-state index contributed by atoms with van der Waals surface area (Å²) >= 11 is 0. The van der Waals surface area contributed by atoms with Gasteiger partial charge in [0.25, 0.3) is 0 Å². The van der Waals surface area contributed by atoms with E-state index < -0.39 is 5.41 Å². The molecule has 0 atom stereocenters. The van der Waals surface area contributed by atoms with Crippen LogP contribution in [0, 0.1) is 0 Å². The molecule has 4 nitrogen and oxygen atoms in total. The van der Waals surface area contributed by atoms with Crippen molar-refractivity contribution in [1.82, 2.24) is 15.0 Å². The fourth-order valence-electron chi connectivity index (χ4n) is 7.88. The van der Waals surface area contributed by atoms with Gasteiger partial charge >= 0.3 is 0 Å². The van der Waals surface area contributed by atoms with E-state index in [2.05, 4.69) is 128 Å². The van der Waals surface area contributed by atoms with Crippen LogP contribution in [-0.4, -0.2) is 15.0 Å². The topological polar surface area (TPSA) is 51.8 Å². The molecule has 0 unspecified atom stereocenters. The number of furan rings is 1. The summed E-state index contributed by atoms with van der Waals surface area (Å²) in [6, 6.07) is 62.7. The summed E-state index contributed by atoms with van der Waals surface area (Å²) in [6.45, 7) is 8.33. The van der Waals surface area contributed by atoms with Crippen molar-refractivity contribution in [3.05, 3.63) is 236 Å². The molecule has 0 aliphatic carbocycles. The lowest BCUT2D eigenvalue weighted by atomic mass is 9.64. The summed E-state index contributed by atoms with van der Waals surface area (Å²) in [5.41, 5.74) is 10.3. The molecular formula is C52H37N3O. The minimum absolute atomic E-state index is 0.588. The van der Waals surface area contributed by atoms with Crippen molar-refractivity contribution in [1.29, 1.82) is 0 Å². The van der Waals surface area contributed by atoms with E-state index in [1.54, 1.807) is 0 Å². The van der Waals surface area contributed by atoms with Crippen LogP contribution < -0.4 is 0 Å². The maximum absolute atomic E-state index is 6.46. The summed E-state index contributed by atoms with van der Waals surface area (Å²) in [5, 5.41) is 1.95. The number of hydrogen-bond donors (Lipinski definition) is 0. The van der Waals surface area contributed by atoms with E-state index in [-0.39, 0.29) is 0 Å². The minimum atomic E-state index is -0.613. The predicted molar refractivity (Wildman–Crippen MR) is 230 cm³/mol. The molecule has 2 heterocycles. The fraction of sp³-hybridized carbons (Fsp3) is 0.0192. The van der Waals surface area contributed by atoms with Crippen LogP contribution in [0.3, 0.4) is 0 Å². The molecule has 0 radical (unpaired) electrons. The van der Waals surface area contributed by atoms with Crippen LogP contribution in [0.15, 0.2) is 223 Å². The zero-order chi connectivity index (χ0) is 37.9. The largest absolute Gasteiger partial charge is 0.456 e. The molecule has 7 aromatic carbocycles. The number of aromatic nitrogens is 3. The highest BCUT2D eigenvalue weighted by atomic mass is 16.3. The van der Waals surface area contributed by atoms with E-state index in [1.165, 1.54) is 0 Å². The molecule has 0 aliphatic heterocycles. The molecule has 0 aliphatic rings. The molecule has 0 bridgehead atoms. The predicted octanol–water partition coefficient (Wildman–Crippen LogP) is 13.1. The molecule has 0 amide bonds. The lowest BCUT2D eigenvalue weighted by Crippen LogP contribution is -2.31. The quantitative estimate of drug-likeness (QED) is 0.104. The van der Waals surface area contributed by atoms with Gasteiger partial charge in [-0.25, -0.2) is 15.0 Å². The first-order chi connectivity index (χ1) is 27.7. The Morgan fingerprint density at radius 2 is 0.982 bits per heavy atom. The van der Waals surface area contributed by atoms with Crippen LogP contribution in [0.2, 0.25) is 0 Å². The van der Waals surface area contributed by atoms with E-state index in [4.69, 9.17) is 19.4 Å². The van der Waals surface area contributed by atoms with Crippen molar-refractivity contribution in [3.63, 3.8) is 0 Å². The summed E-state index contributed by atoms with van der Waals surface area (Å²) in [4.78, 5) is 15.0. The molecule has 0 N–H and O–H groups in total. The van der Waals surface area contributed by atoms with Crippen molar-refractivity contribution >= 4 is 21.9 Å². The van der Waals surface area contributed by atoms with Gasteiger partial charge in [-0.05, 0) is 51.6 Å². The zero-order valence-corrected chi connectivity index (χ0v) is 30.7. The van der Waals surface area contributed by atoms with Gasteiger partial charge in [-0.15, -0.1) is 0 Å². The summed E-state index contributed by atoms with van der Waals surface area (Å²) < 4.78 is 6.46. The van der Waals surface area contributed by atoms with E-state index in [1.807, 2.05) is 84.9 Å². The number of fused-ring (bicyclic) bond motifs is 3. The maximum atomic E-state index is 6.46. The summed E-state index contributed by atoms with van der Waals surface area (Å²) in [5.74, 6) is 1.82. The van der Waals surface area contributed by atoms with Gasteiger partial charge in [-0.1, -0.05) is 195 Å². The summed E-state index contributed by atoms with van der Waals surface area (Å²) in [7, 11) is 0. The first-order valence-corrected chi connectivity index (χ1v) is 18.7. The van der Waals surface area contributed by atoms with Crippen molar-refractivity contribution in [2.45, 2.75) is 5.41 Å². The van der Waals surface area contributed by atoms with Gasteiger partial charge in [0, 0.05) is 27.5 Å². The molecule has 0 spiro atoms. The fourth-order valence-corrected chi connectivity index (χ4v) is 7.88. The van der Waals surface area contributed by atoms with E-state index in [0.717, 1.165) is 72.0 Å². The smallest absolute Gasteiger partial charge is 0.164 e. The molecule has 4 heteroatoms. The Morgan fingerprint density at radius 3 is 1.54 bits per heavy atom. The second-order valence-corrected chi connectivity index (χ2v) is 13.7. The number of nitrogens with zero attached hydrogens (tertiary/aromatic N) is 3.